The van der Waals surface area contributed by atoms with Crippen molar-refractivity contribution in [2.45, 2.75) is 20.3 Å². The topological polar surface area (TPSA) is 93.2 Å². The molecule has 6 nitrogen and oxygen atoms in total. The first-order valence-corrected chi connectivity index (χ1v) is 5.33. The van der Waals surface area contributed by atoms with Gasteiger partial charge < -0.3 is 4.74 Å². The predicted octanol–water partition coefficient (Wildman–Crippen LogP) is 1.88. The van der Waals surface area contributed by atoms with Gasteiger partial charge in [-0.15, -0.1) is 0 Å². The lowest BCUT2D eigenvalue weighted by molar-refractivity contribution is -0.385. The highest BCUT2D eigenvalue weighted by atomic mass is 16.6. The van der Waals surface area contributed by atoms with Gasteiger partial charge in [0.1, 0.15) is 11.6 Å². The highest BCUT2D eigenvalue weighted by Crippen LogP contribution is 2.24. The summed E-state index contributed by atoms with van der Waals surface area (Å²) < 4.78 is 4.78. The van der Waals surface area contributed by atoms with E-state index in [0.717, 1.165) is 0 Å². The Bertz CT molecular complexity index is 532. The third-order valence-electron chi connectivity index (χ3n) is 2.32. The molecule has 0 saturated carbocycles. The maximum atomic E-state index is 11.3. The zero-order valence-corrected chi connectivity index (χ0v) is 10.1. The van der Waals surface area contributed by atoms with Crippen LogP contribution in [0.2, 0.25) is 0 Å². The second kappa shape index (κ2) is 5.77. The second-order valence-electron chi connectivity index (χ2n) is 3.66. The lowest BCUT2D eigenvalue weighted by atomic mass is 10.0. The van der Waals surface area contributed by atoms with E-state index >= 15 is 0 Å². The SMILES string of the molecule is CCOC(=O)Cc1cc(C)c([N+](=O)[O-])c(C#N)c1. The van der Waals surface area contributed by atoms with E-state index in [-0.39, 0.29) is 24.3 Å². The van der Waals surface area contributed by atoms with Crippen LogP contribution in [0.5, 0.6) is 0 Å². The fraction of sp³-hybridized carbons (Fsp3) is 0.333. The van der Waals surface area contributed by atoms with Crippen molar-refractivity contribution in [3.05, 3.63) is 38.9 Å². The molecule has 0 aliphatic heterocycles. The summed E-state index contributed by atoms with van der Waals surface area (Å²) in [6.45, 7) is 3.50. The van der Waals surface area contributed by atoms with Crippen LogP contribution in [0, 0.1) is 28.4 Å². The predicted molar refractivity (Wildman–Crippen MR) is 62.9 cm³/mol. The molecular weight excluding hydrogens is 236 g/mol. The molecule has 0 N–H and O–H groups in total. The van der Waals surface area contributed by atoms with Gasteiger partial charge in [-0.05, 0) is 31.5 Å². The highest BCUT2D eigenvalue weighted by molar-refractivity contribution is 5.73. The number of rotatable bonds is 4. The van der Waals surface area contributed by atoms with Gasteiger partial charge in [-0.2, -0.15) is 5.26 Å². The Morgan fingerprint density at radius 3 is 2.72 bits per heavy atom. The number of ether oxygens (including phenoxy) is 1. The number of esters is 1. The number of benzene rings is 1. The van der Waals surface area contributed by atoms with Crippen molar-refractivity contribution >= 4 is 11.7 Å². The van der Waals surface area contributed by atoms with Crippen LogP contribution >= 0.6 is 0 Å². The third kappa shape index (κ3) is 3.04. The molecule has 0 radical (unpaired) electrons. The van der Waals surface area contributed by atoms with Gasteiger partial charge in [0, 0.05) is 5.56 Å². The average Bonchev–Trinajstić information content (AvgIpc) is 2.27. The van der Waals surface area contributed by atoms with Crippen LogP contribution < -0.4 is 0 Å². The summed E-state index contributed by atoms with van der Waals surface area (Å²) in [5.74, 6) is -0.422. The summed E-state index contributed by atoms with van der Waals surface area (Å²) in [6, 6.07) is 4.64. The number of hydrogen-bond acceptors (Lipinski definition) is 5. The van der Waals surface area contributed by atoms with Crippen LogP contribution in [0.25, 0.3) is 0 Å². The number of carbonyl (C=O) groups excluding carboxylic acids is 1. The van der Waals surface area contributed by atoms with Gasteiger partial charge in [0.2, 0.25) is 0 Å². The first kappa shape index (κ1) is 13.6. The number of hydrogen-bond donors (Lipinski definition) is 0. The van der Waals surface area contributed by atoms with E-state index in [9.17, 15) is 14.9 Å². The Morgan fingerprint density at radius 2 is 2.22 bits per heavy atom. The van der Waals surface area contributed by atoms with Crippen molar-refractivity contribution in [1.29, 1.82) is 5.26 Å². The van der Waals surface area contributed by atoms with Crippen LogP contribution in [0.4, 0.5) is 5.69 Å². The third-order valence-corrected chi connectivity index (χ3v) is 2.32. The average molecular weight is 248 g/mol. The first-order chi connectivity index (χ1) is 8.49. The Kier molecular flexibility index (Phi) is 4.38. The molecule has 18 heavy (non-hydrogen) atoms. The molecule has 0 saturated heterocycles. The Hall–Kier alpha value is -2.42. The molecule has 0 amide bonds. The zero-order valence-electron chi connectivity index (χ0n) is 10.1. The van der Waals surface area contributed by atoms with Gasteiger partial charge in [0.05, 0.1) is 18.0 Å². The molecule has 0 aliphatic carbocycles. The summed E-state index contributed by atoms with van der Waals surface area (Å²) in [7, 11) is 0. The summed E-state index contributed by atoms with van der Waals surface area (Å²) in [5, 5.41) is 19.7. The first-order valence-electron chi connectivity index (χ1n) is 5.33. The molecule has 0 heterocycles. The van der Waals surface area contributed by atoms with Gasteiger partial charge in [0.25, 0.3) is 5.69 Å². The van der Waals surface area contributed by atoms with Crippen molar-refractivity contribution in [1.82, 2.24) is 0 Å². The molecular formula is C12H12N2O4. The second-order valence-corrected chi connectivity index (χ2v) is 3.66. The van der Waals surface area contributed by atoms with E-state index in [4.69, 9.17) is 10.00 Å². The largest absolute Gasteiger partial charge is 0.466 e. The summed E-state index contributed by atoms with van der Waals surface area (Å²) in [5.41, 5.74) is 0.635. The number of nitro benzene ring substituents is 1. The molecule has 0 aromatic heterocycles. The minimum Gasteiger partial charge on any atom is -0.466 e. The maximum Gasteiger partial charge on any atom is 0.310 e. The van der Waals surface area contributed by atoms with Crippen LogP contribution in [-0.2, 0) is 16.0 Å². The lowest BCUT2D eigenvalue weighted by Crippen LogP contribution is -2.08. The molecule has 1 rings (SSSR count). The zero-order chi connectivity index (χ0) is 13.7. The molecule has 0 unspecified atom stereocenters. The smallest absolute Gasteiger partial charge is 0.310 e. The fourth-order valence-corrected chi connectivity index (χ4v) is 1.66. The monoisotopic (exact) mass is 248 g/mol. The van der Waals surface area contributed by atoms with Crippen molar-refractivity contribution in [3.8, 4) is 6.07 Å². The Labute approximate surface area is 104 Å². The fourth-order valence-electron chi connectivity index (χ4n) is 1.66. The van der Waals surface area contributed by atoms with E-state index in [1.165, 1.54) is 19.1 Å². The molecule has 0 atom stereocenters. The normalized spacial score (nSPS) is 9.61. The quantitative estimate of drug-likeness (QED) is 0.460. The summed E-state index contributed by atoms with van der Waals surface area (Å²) in [4.78, 5) is 21.5. The van der Waals surface area contributed by atoms with Crippen molar-refractivity contribution in [3.63, 3.8) is 0 Å². The molecule has 0 bridgehead atoms. The standard InChI is InChI=1S/C12H12N2O4/c1-3-18-11(15)6-9-4-8(2)12(14(16)17)10(5-9)7-13/h4-5H,3,6H2,1-2H3. The molecule has 0 fully saturated rings. The van der Waals surface area contributed by atoms with E-state index in [0.29, 0.717) is 11.1 Å². The molecule has 1 aromatic carbocycles. The maximum absolute atomic E-state index is 11.3. The summed E-state index contributed by atoms with van der Waals surface area (Å²) in [6.07, 6.45) is 0.00134. The van der Waals surface area contributed by atoms with Gasteiger partial charge in [-0.3, -0.25) is 14.9 Å². The number of carbonyl (C=O) groups is 1. The van der Waals surface area contributed by atoms with Gasteiger partial charge in [0.15, 0.2) is 0 Å². The van der Waals surface area contributed by atoms with E-state index < -0.39 is 10.9 Å². The van der Waals surface area contributed by atoms with Crippen LogP contribution in [-0.4, -0.2) is 17.5 Å². The number of nitriles is 1. The molecule has 6 heteroatoms. The minimum atomic E-state index is -0.595. The van der Waals surface area contributed by atoms with Gasteiger partial charge in [-0.25, -0.2) is 0 Å². The van der Waals surface area contributed by atoms with Gasteiger partial charge in [-0.1, -0.05) is 0 Å². The Morgan fingerprint density at radius 1 is 1.56 bits per heavy atom. The van der Waals surface area contributed by atoms with E-state index in [1.54, 1.807) is 13.0 Å². The van der Waals surface area contributed by atoms with Crippen LogP contribution in [0.15, 0.2) is 12.1 Å². The molecule has 1 aromatic rings. The number of aryl methyl sites for hydroxylation is 1. The van der Waals surface area contributed by atoms with Crippen molar-refractivity contribution < 1.29 is 14.5 Å². The molecule has 0 spiro atoms. The van der Waals surface area contributed by atoms with E-state index in [1.807, 2.05) is 0 Å². The highest BCUT2D eigenvalue weighted by Gasteiger charge is 2.19. The van der Waals surface area contributed by atoms with E-state index in [2.05, 4.69) is 0 Å². The lowest BCUT2D eigenvalue weighted by Gasteiger charge is -2.05. The van der Waals surface area contributed by atoms with Crippen LogP contribution in [0.3, 0.4) is 0 Å². The minimum absolute atomic E-state index is 0.00134. The molecule has 0 aliphatic rings. The van der Waals surface area contributed by atoms with Gasteiger partial charge >= 0.3 is 5.97 Å². The number of nitro groups is 1. The van der Waals surface area contributed by atoms with Crippen LogP contribution in [0.1, 0.15) is 23.6 Å². The van der Waals surface area contributed by atoms with Crippen molar-refractivity contribution in [2.24, 2.45) is 0 Å². The summed E-state index contributed by atoms with van der Waals surface area (Å²) >= 11 is 0. The Balaban J connectivity index is 3.12. The molecule has 94 valence electrons. The van der Waals surface area contributed by atoms with Crippen molar-refractivity contribution in [2.75, 3.05) is 6.61 Å². The number of nitrogens with zero attached hydrogens (tertiary/aromatic N) is 2.